The van der Waals surface area contributed by atoms with Gasteiger partial charge in [0.05, 0.1) is 19.3 Å². The molecule has 4 rings (SSSR count). The number of rotatable bonds is 3. The summed E-state index contributed by atoms with van der Waals surface area (Å²) in [5, 5.41) is 11.7. The second-order valence-corrected chi connectivity index (χ2v) is 5.32. The average Bonchev–Trinajstić information content (AvgIpc) is 3.16. The maximum Gasteiger partial charge on any atom is 0.223 e. The van der Waals surface area contributed by atoms with E-state index in [1.807, 2.05) is 18.2 Å². The highest BCUT2D eigenvalue weighted by molar-refractivity contribution is 5.73. The summed E-state index contributed by atoms with van der Waals surface area (Å²) in [6.07, 6.45) is 0. The van der Waals surface area contributed by atoms with Gasteiger partial charge in [-0.05, 0) is 28.0 Å². The van der Waals surface area contributed by atoms with Crippen LogP contribution in [0.15, 0.2) is 27.4 Å². The number of morpholine rings is 1. The molecule has 1 atom stereocenters. The number of fused-ring (bicyclic) bond motifs is 1. The summed E-state index contributed by atoms with van der Waals surface area (Å²) in [5.41, 5.74) is 2.66. The molecule has 1 fully saturated rings. The summed E-state index contributed by atoms with van der Waals surface area (Å²) in [4.78, 5) is 6.61. The first-order chi connectivity index (χ1) is 10.8. The van der Waals surface area contributed by atoms with Gasteiger partial charge in [-0.25, -0.2) is 4.63 Å². The van der Waals surface area contributed by atoms with E-state index in [0.29, 0.717) is 24.9 Å². The van der Waals surface area contributed by atoms with Gasteiger partial charge in [0, 0.05) is 20.0 Å². The predicted molar refractivity (Wildman–Crippen MR) is 74.8 cm³/mol. The van der Waals surface area contributed by atoms with Gasteiger partial charge < -0.3 is 9.26 Å². The lowest BCUT2D eigenvalue weighted by molar-refractivity contribution is -0.0166. The van der Waals surface area contributed by atoms with E-state index >= 15 is 0 Å². The van der Waals surface area contributed by atoms with Crippen LogP contribution < -0.4 is 0 Å². The number of hydrogen-bond donors (Lipinski definition) is 0. The Morgan fingerprint density at radius 2 is 2.14 bits per heavy atom. The Morgan fingerprint density at radius 3 is 3.00 bits per heavy atom. The van der Waals surface area contributed by atoms with Crippen molar-refractivity contribution in [3.05, 3.63) is 35.5 Å². The highest BCUT2D eigenvalue weighted by Crippen LogP contribution is 2.24. The first-order valence-corrected chi connectivity index (χ1v) is 7.13. The van der Waals surface area contributed by atoms with Crippen LogP contribution in [0.4, 0.5) is 0 Å². The third-order valence-corrected chi connectivity index (χ3v) is 3.78. The molecule has 3 aromatic rings. The minimum atomic E-state index is -0.00247. The zero-order valence-corrected chi connectivity index (χ0v) is 12.1. The van der Waals surface area contributed by atoms with Crippen molar-refractivity contribution in [1.82, 2.24) is 25.4 Å². The standard InChI is InChI=1S/C14H15N5O3/c1-9-15-14(18-21-9)13-8-20-5-4-19(13)7-10-2-3-11-12(6-10)17-22-16-11/h2-3,6,13H,4-5,7-8H2,1H3. The van der Waals surface area contributed by atoms with E-state index < -0.39 is 0 Å². The number of hydrogen-bond acceptors (Lipinski definition) is 8. The summed E-state index contributed by atoms with van der Waals surface area (Å²) >= 11 is 0. The van der Waals surface area contributed by atoms with Gasteiger partial charge in [-0.1, -0.05) is 11.2 Å². The number of aryl methyl sites for hydroxylation is 1. The molecule has 22 heavy (non-hydrogen) atoms. The topological polar surface area (TPSA) is 90.3 Å². The Kier molecular flexibility index (Phi) is 3.32. The third kappa shape index (κ3) is 2.46. The first-order valence-electron chi connectivity index (χ1n) is 7.13. The molecule has 1 saturated heterocycles. The molecule has 0 saturated carbocycles. The molecular formula is C14H15N5O3. The lowest BCUT2D eigenvalue weighted by Gasteiger charge is -2.33. The van der Waals surface area contributed by atoms with Crippen LogP contribution in [0, 0.1) is 6.92 Å². The maximum absolute atomic E-state index is 5.57. The molecule has 8 heteroatoms. The van der Waals surface area contributed by atoms with Crippen molar-refractivity contribution in [2.24, 2.45) is 0 Å². The monoisotopic (exact) mass is 301 g/mol. The zero-order valence-electron chi connectivity index (χ0n) is 12.1. The molecule has 1 aliphatic heterocycles. The van der Waals surface area contributed by atoms with Crippen LogP contribution >= 0.6 is 0 Å². The fraction of sp³-hybridized carbons (Fsp3) is 0.429. The van der Waals surface area contributed by atoms with Gasteiger partial charge in [-0.2, -0.15) is 4.98 Å². The number of benzene rings is 1. The van der Waals surface area contributed by atoms with Crippen LogP contribution in [0.5, 0.6) is 0 Å². The van der Waals surface area contributed by atoms with Crippen LogP contribution in [0.2, 0.25) is 0 Å². The van der Waals surface area contributed by atoms with Crippen molar-refractivity contribution < 1.29 is 13.9 Å². The van der Waals surface area contributed by atoms with Gasteiger partial charge in [0.1, 0.15) is 11.0 Å². The fourth-order valence-electron chi connectivity index (χ4n) is 2.68. The van der Waals surface area contributed by atoms with Crippen molar-refractivity contribution in [2.75, 3.05) is 19.8 Å². The van der Waals surface area contributed by atoms with E-state index in [1.54, 1.807) is 6.92 Å². The SMILES string of the molecule is Cc1nc(C2COCCN2Cc2ccc3nonc3c2)no1. The van der Waals surface area contributed by atoms with Crippen molar-refractivity contribution in [2.45, 2.75) is 19.5 Å². The second-order valence-electron chi connectivity index (χ2n) is 5.32. The number of nitrogens with zero attached hydrogens (tertiary/aromatic N) is 5. The predicted octanol–water partition coefficient (Wildman–Crippen LogP) is 1.49. The highest BCUT2D eigenvalue weighted by atomic mass is 16.6. The van der Waals surface area contributed by atoms with Crippen LogP contribution in [0.3, 0.4) is 0 Å². The minimum Gasteiger partial charge on any atom is -0.378 e. The minimum absolute atomic E-state index is 0.00247. The zero-order chi connectivity index (χ0) is 14.9. The Hall–Kier alpha value is -2.32. The van der Waals surface area contributed by atoms with Gasteiger partial charge in [0.25, 0.3) is 0 Å². The van der Waals surface area contributed by atoms with E-state index in [-0.39, 0.29) is 6.04 Å². The van der Waals surface area contributed by atoms with E-state index in [2.05, 4.69) is 25.4 Å². The van der Waals surface area contributed by atoms with Crippen LogP contribution in [-0.2, 0) is 11.3 Å². The summed E-state index contributed by atoms with van der Waals surface area (Å²) in [7, 11) is 0. The average molecular weight is 301 g/mol. The summed E-state index contributed by atoms with van der Waals surface area (Å²) in [5.74, 6) is 1.23. The van der Waals surface area contributed by atoms with E-state index in [9.17, 15) is 0 Å². The lowest BCUT2D eigenvalue weighted by atomic mass is 10.1. The largest absolute Gasteiger partial charge is 0.378 e. The summed E-state index contributed by atoms with van der Waals surface area (Å²) in [6, 6.07) is 5.92. The van der Waals surface area contributed by atoms with Crippen LogP contribution in [0.25, 0.3) is 11.0 Å². The number of ether oxygens (including phenoxy) is 1. The van der Waals surface area contributed by atoms with Crippen molar-refractivity contribution in [3.8, 4) is 0 Å². The third-order valence-electron chi connectivity index (χ3n) is 3.78. The molecule has 2 aromatic heterocycles. The summed E-state index contributed by atoms with van der Waals surface area (Å²) < 4.78 is 15.4. The Labute approximate surface area is 126 Å². The van der Waals surface area contributed by atoms with Crippen LogP contribution in [0.1, 0.15) is 23.3 Å². The van der Waals surface area contributed by atoms with E-state index in [1.165, 1.54) is 0 Å². The molecular weight excluding hydrogens is 286 g/mol. The Balaban J connectivity index is 1.58. The van der Waals surface area contributed by atoms with Gasteiger partial charge in [0.2, 0.25) is 5.89 Å². The molecule has 114 valence electrons. The Morgan fingerprint density at radius 1 is 1.23 bits per heavy atom. The highest BCUT2D eigenvalue weighted by Gasteiger charge is 2.28. The Bertz CT molecular complexity index is 783. The second kappa shape index (κ2) is 5.47. The molecule has 8 nitrogen and oxygen atoms in total. The van der Waals surface area contributed by atoms with Crippen LogP contribution in [-0.4, -0.2) is 45.1 Å². The molecule has 0 spiro atoms. The van der Waals surface area contributed by atoms with E-state index in [0.717, 1.165) is 29.7 Å². The maximum atomic E-state index is 5.57. The fourth-order valence-corrected chi connectivity index (χ4v) is 2.68. The van der Waals surface area contributed by atoms with Gasteiger partial charge in [-0.3, -0.25) is 4.90 Å². The quantitative estimate of drug-likeness (QED) is 0.718. The lowest BCUT2D eigenvalue weighted by Crippen LogP contribution is -2.39. The molecule has 0 amide bonds. The normalized spacial score (nSPS) is 19.8. The van der Waals surface area contributed by atoms with Crippen molar-refractivity contribution in [3.63, 3.8) is 0 Å². The molecule has 0 bridgehead atoms. The molecule has 0 N–H and O–H groups in total. The summed E-state index contributed by atoms with van der Waals surface area (Å²) in [6.45, 7) is 4.61. The number of aromatic nitrogens is 4. The smallest absolute Gasteiger partial charge is 0.223 e. The molecule has 0 radical (unpaired) electrons. The molecule has 3 heterocycles. The molecule has 0 aliphatic carbocycles. The van der Waals surface area contributed by atoms with Crippen molar-refractivity contribution in [1.29, 1.82) is 0 Å². The van der Waals surface area contributed by atoms with Gasteiger partial charge >= 0.3 is 0 Å². The van der Waals surface area contributed by atoms with Gasteiger partial charge in [-0.15, -0.1) is 0 Å². The molecule has 1 unspecified atom stereocenters. The first kappa shape index (κ1) is 13.4. The van der Waals surface area contributed by atoms with Crippen molar-refractivity contribution >= 4 is 11.0 Å². The van der Waals surface area contributed by atoms with E-state index in [4.69, 9.17) is 13.9 Å². The molecule has 1 aliphatic rings. The molecule has 1 aromatic carbocycles. The van der Waals surface area contributed by atoms with Gasteiger partial charge in [0.15, 0.2) is 5.82 Å².